The lowest BCUT2D eigenvalue weighted by Crippen LogP contribution is -2.41. The number of nitrogens with zero attached hydrogens (tertiary/aromatic N) is 1. The molecule has 0 fully saturated rings. The molecule has 1 amide bonds. The molecule has 1 unspecified atom stereocenters. The number of aliphatic imine (C=N–C) groups is 1. The van der Waals surface area contributed by atoms with E-state index >= 15 is 0 Å². The number of hydrogen-bond acceptors (Lipinski definition) is 2. The summed E-state index contributed by atoms with van der Waals surface area (Å²) in [6.45, 7) is 7.73. The Morgan fingerprint density at radius 2 is 1.86 bits per heavy atom. The first-order valence-electron chi connectivity index (χ1n) is 7.46. The van der Waals surface area contributed by atoms with Gasteiger partial charge in [-0.3, -0.25) is 4.79 Å². The van der Waals surface area contributed by atoms with Gasteiger partial charge in [0.1, 0.15) is 0 Å². The fraction of sp³-hybridized carbons (Fsp3) is 0.500. The van der Waals surface area contributed by atoms with Crippen molar-refractivity contribution in [3.05, 3.63) is 35.4 Å². The van der Waals surface area contributed by atoms with E-state index in [0.29, 0.717) is 18.2 Å². The highest BCUT2D eigenvalue weighted by atomic mass is 127. The monoisotopic (exact) mass is 418 g/mol. The van der Waals surface area contributed by atoms with Crippen LogP contribution < -0.4 is 16.0 Å². The molecule has 0 aliphatic carbocycles. The zero-order valence-electron chi connectivity index (χ0n) is 13.8. The van der Waals surface area contributed by atoms with Gasteiger partial charge in [0.25, 0.3) is 5.91 Å². The molecule has 1 atom stereocenters. The lowest BCUT2D eigenvalue weighted by atomic mass is 10.1. The molecule has 0 radical (unpaired) electrons. The number of halogens is 1. The molecule has 0 saturated carbocycles. The van der Waals surface area contributed by atoms with Gasteiger partial charge in [-0.05, 0) is 38.0 Å². The number of benzene rings is 1. The van der Waals surface area contributed by atoms with E-state index in [4.69, 9.17) is 0 Å². The highest BCUT2D eigenvalue weighted by Gasteiger charge is 2.04. The molecule has 1 aromatic carbocycles. The van der Waals surface area contributed by atoms with Crippen LogP contribution >= 0.6 is 24.0 Å². The van der Waals surface area contributed by atoms with E-state index in [1.54, 1.807) is 7.05 Å². The van der Waals surface area contributed by atoms with Gasteiger partial charge < -0.3 is 16.0 Å². The summed E-state index contributed by atoms with van der Waals surface area (Å²) >= 11 is 0. The van der Waals surface area contributed by atoms with Gasteiger partial charge >= 0.3 is 0 Å². The molecule has 0 aromatic heterocycles. The summed E-state index contributed by atoms with van der Waals surface area (Å²) < 4.78 is 0. The second-order valence-electron chi connectivity index (χ2n) is 4.92. The van der Waals surface area contributed by atoms with Crippen molar-refractivity contribution in [3.63, 3.8) is 0 Å². The minimum Gasteiger partial charge on any atom is -0.357 e. The van der Waals surface area contributed by atoms with Gasteiger partial charge in [0.15, 0.2) is 5.96 Å². The number of amides is 1. The van der Waals surface area contributed by atoms with E-state index in [9.17, 15) is 4.79 Å². The Hall–Kier alpha value is -1.31. The van der Waals surface area contributed by atoms with E-state index in [1.165, 1.54) is 0 Å². The third kappa shape index (κ3) is 7.11. The molecule has 124 valence electrons. The summed E-state index contributed by atoms with van der Waals surface area (Å²) in [7, 11) is 1.63. The highest BCUT2D eigenvalue weighted by molar-refractivity contribution is 14.0. The number of nitrogens with one attached hydrogen (secondary N) is 3. The average molecular weight is 418 g/mol. The van der Waals surface area contributed by atoms with E-state index in [-0.39, 0.29) is 29.9 Å². The standard InChI is InChI=1S/C16H26N4O.HI/c1-5-12(3)20-16(18-6-2)19-11-13-7-9-14(10-8-13)15(21)17-4;/h7-10,12H,5-6,11H2,1-4H3,(H,17,21)(H2,18,19,20);1H. The fourth-order valence-electron chi connectivity index (χ4n) is 1.73. The first kappa shape index (κ1) is 20.7. The van der Waals surface area contributed by atoms with Crippen molar-refractivity contribution in [1.29, 1.82) is 0 Å². The number of carbonyl (C=O) groups is 1. The molecule has 0 aliphatic rings. The zero-order chi connectivity index (χ0) is 15.7. The second kappa shape index (κ2) is 11.3. The van der Waals surface area contributed by atoms with Crippen molar-refractivity contribution in [2.24, 2.45) is 4.99 Å². The number of guanidine groups is 1. The van der Waals surface area contributed by atoms with Gasteiger partial charge in [-0.25, -0.2) is 4.99 Å². The lowest BCUT2D eigenvalue weighted by molar-refractivity contribution is 0.0963. The van der Waals surface area contributed by atoms with Gasteiger partial charge in [0.2, 0.25) is 0 Å². The predicted octanol–water partition coefficient (Wildman–Crippen LogP) is 2.52. The summed E-state index contributed by atoms with van der Waals surface area (Å²) in [5.41, 5.74) is 1.74. The topological polar surface area (TPSA) is 65.5 Å². The molecule has 6 heteroatoms. The Bertz CT molecular complexity index is 474. The minimum absolute atomic E-state index is 0. The SMILES string of the molecule is CCNC(=NCc1ccc(C(=O)NC)cc1)NC(C)CC.I. The Labute approximate surface area is 150 Å². The Morgan fingerprint density at radius 3 is 2.36 bits per heavy atom. The van der Waals surface area contributed by atoms with Crippen LogP contribution in [-0.4, -0.2) is 31.5 Å². The van der Waals surface area contributed by atoms with Gasteiger partial charge in [-0.1, -0.05) is 19.1 Å². The van der Waals surface area contributed by atoms with Crippen LogP contribution in [0.4, 0.5) is 0 Å². The third-order valence-corrected chi connectivity index (χ3v) is 3.20. The molecule has 0 saturated heterocycles. The van der Waals surface area contributed by atoms with E-state index in [0.717, 1.165) is 24.5 Å². The normalized spacial score (nSPS) is 12.1. The van der Waals surface area contributed by atoms with Crippen molar-refractivity contribution < 1.29 is 4.79 Å². The molecule has 3 N–H and O–H groups in total. The maximum absolute atomic E-state index is 11.5. The smallest absolute Gasteiger partial charge is 0.251 e. The summed E-state index contributed by atoms with van der Waals surface area (Å²) in [4.78, 5) is 16.0. The summed E-state index contributed by atoms with van der Waals surface area (Å²) in [6, 6.07) is 7.89. The first-order chi connectivity index (χ1) is 10.1. The maximum atomic E-state index is 11.5. The first-order valence-corrected chi connectivity index (χ1v) is 7.46. The van der Waals surface area contributed by atoms with Gasteiger partial charge in [-0.2, -0.15) is 0 Å². The molecule has 0 spiro atoms. The number of rotatable bonds is 6. The highest BCUT2D eigenvalue weighted by Crippen LogP contribution is 2.05. The molecule has 1 aromatic rings. The van der Waals surface area contributed by atoms with Crippen LogP contribution in [0.3, 0.4) is 0 Å². The minimum atomic E-state index is -0.0724. The van der Waals surface area contributed by atoms with E-state index < -0.39 is 0 Å². The molecule has 1 rings (SSSR count). The second-order valence-corrected chi connectivity index (χ2v) is 4.92. The van der Waals surface area contributed by atoms with E-state index in [2.05, 4.69) is 34.8 Å². The molecule has 5 nitrogen and oxygen atoms in total. The zero-order valence-corrected chi connectivity index (χ0v) is 16.1. The Kier molecular flexibility index (Phi) is 10.6. The molecule has 0 bridgehead atoms. The van der Waals surface area contributed by atoms with Crippen LogP contribution in [-0.2, 0) is 6.54 Å². The van der Waals surface area contributed by atoms with Crippen LogP contribution in [0.2, 0.25) is 0 Å². The molecule has 0 heterocycles. The van der Waals surface area contributed by atoms with Crippen LogP contribution in [0.5, 0.6) is 0 Å². The molecular weight excluding hydrogens is 391 g/mol. The van der Waals surface area contributed by atoms with Gasteiger partial charge in [0.05, 0.1) is 6.54 Å². The third-order valence-electron chi connectivity index (χ3n) is 3.20. The van der Waals surface area contributed by atoms with Crippen LogP contribution in [0.25, 0.3) is 0 Å². The number of hydrogen-bond donors (Lipinski definition) is 3. The van der Waals surface area contributed by atoms with Crippen LogP contribution in [0.1, 0.15) is 43.1 Å². The lowest BCUT2D eigenvalue weighted by Gasteiger charge is -2.16. The molecule has 22 heavy (non-hydrogen) atoms. The van der Waals surface area contributed by atoms with Crippen LogP contribution in [0.15, 0.2) is 29.3 Å². The van der Waals surface area contributed by atoms with Crippen molar-refractivity contribution >= 4 is 35.8 Å². The van der Waals surface area contributed by atoms with E-state index in [1.807, 2.05) is 31.2 Å². The Morgan fingerprint density at radius 1 is 1.23 bits per heavy atom. The largest absolute Gasteiger partial charge is 0.357 e. The van der Waals surface area contributed by atoms with Crippen molar-refractivity contribution in [2.75, 3.05) is 13.6 Å². The quantitative estimate of drug-likeness (QED) is 0.378. The summed E-state index contributed by atoms with van der Waals surface area (Å²) in [5, 5.41) is 9.19. The fourth-order valence-corrected chi connectivity index (χ4v) is 1.73. The molecule has 0 aliphatic heterocycles. The maximum Gasteiger partial charge on any atom is 0.251 e. The van der Waals surface area contributed by atoms with Crippen molar-refractivity contribution in [2.45, 2.75) is 39.8 Å². The predicted molar refractivity (Wildman–Crippen MR) is 103 cm³/mol. The summed E-state index contributed by atoms with van der Waals surface area (Å²) in [5.74, 6) is 0.749. The van der Waals surface area contributed by atoms with Crippen molar-refractivity contribution in [1.82, 2.24) is 16.0 Å². The van der Waals surface area contributed by atoms with Crippen molar-refractivity contribution in [3.8, 4) is 0 Å². The number of carbonyl (C=O) groups excluding carboxylic acids is 1. The average Bonchev–Trinajstić information content (AvgIpc) is 2.52. The molecular formula is C16H27IN4O. The Balaban J connectivity index is 0.00000441. The summed E-state index contributed by atoms with van der Waals surface area (Å²) in [6.07, 6.45) is 1.05. The van der Waals surface area contributed by atoms with Gasteiger partial charge in [-0.15, -0.1) is 24.0 Å². The van der Waals surface area contributed by atoms with Gasteiger partial charge in [0, 0.05) is 25.2 Å². The van der Waals surface area contributed by atoms with Crippen LogP contribution in [0, 0.1) is 0 Å².